The topological polar surface area (TPSA) is 110 Å². The Kier molecular flexibility index (Phi) is 7.85. The lowest BCUT2D eigenvalue weighted by Gasteiger charge is -2.53. The minimum atomic E-state index is -0.150. The van der Waals surface area contributed by atoms with Gasteiger partial charge in [-0.05, 0) is 44.6 Å². The van der Waals surface area contributed by atoms with Crippen LogP contribution in [0.4, 0.5) is 4.79 Å². The largest absolute Gasteiger partial charge is 0.449 e. The van der Waals surface area contributed by atoms with E-state index in [4.69, 9.17) is 9.73 Å². The summed E-state index contributed by atoms with van der Waals surface area (Å²) in [6.07, 6.45) is 14.5. The number of fused-ring (bicyclic) bond motifs is 1. The number of aliphatic imine (C=N–C) groups is 1. The van der Waals surface area contributed by atoms with Crippen LogP contribution < -0.4 is 0 Å². The minimum Gasteiger partial charge on any atom is -0.449 e. The van der Waals surface area contributed by atoms with Crippen molar-refractivity contribution in [2.45, 2.75) is 57.9 Å². The molecule has 37 heavy (non-hydrogen) atoms. The summed E-state index contributed by atoms with van der Waals surface area (Å²) in [7, 11) is 0. The summed E-state index contributed by atoms with van der Waals surface area (Å²) in [5.41, 5.74) is 2.50. The van der Waals surface area contributed by atoms with Crippen molar-refractivity contribution in [3.05, 3.63) is 30.4 Å². The van der Waals surface area contributed by atoms with Crippen molar-refractivity contribution in [2.24, 2.45) is 16.3 Å². The Morgan fingerprint density at radius 1 is 1.27 bits per heavy atom. The van der Waals surface area contributed by atoms with Gasteiger partial charge in [-0.15, -0.1) is 0 Å². The number of aromatic nitrogens is 3. The molecule has 3 fully saturated rings. The number of hydrogen-bond donors (Lipinski definition) is 1. The van der Waals surface area contributed by atoms with Gasteiger partial charge in [0.05, 0.1) is 18.4 Å². The number of nitrogens with zero attached hydrogens (tertiary/aromatic N) is 6. The lowest BCUT2D eigenvalue weighted by molar-refractivity contribution is -0.0396. The van der Waals surface area contributed by atoms with Crippen LogP contribution in [0, 0.1) is 22.7 Å². The minimum absolute atomic E-state index is 0.115. The zero-order chi connectivity index (χ0) is 25.7. The number of ether oxygens (including phenoxy) is 1. The normalized spacial score (nSPS) is 21.4. The van der Waals surface area contributed by atoms with E-state index in [1.165, 1.54) is 25.7 Å². The maximum Gasteiger partial charge on any atom is 0.409 e. The average molecular weight is 504 g/mol. The Bertz CT molecular complexity index is 1180. The number of hydrogen-bond acceptors (Lipinski definition) is 7. The predicted molar refractivity (Wildman–Crippen MR) is 143 cm³/mol. The van der Waals surface area contributed by atoms with Gasteiger partial charge in [0.1, 0.15) is 12.0 Å². The van der Waals surface area contributed by atoms with Crippen molar-refractivity contribution in [2.75, 3.05) is 39.3 Å². The van der Waals surface area contributed by atoms with E-state index in [1.54, 1.807) is 6.33 Å². The van der Waals surface area contributed by atoms with Crippen LogP contribution in [0.3, 0.4) is 0 Å². The number of allylic oxidation sites excluding steroid dienone is 2. The van der Waals surface area contributed by atoms with E-state index in [0.29, 0.717) is 31.5 Å². The molecule has 9 heteroatoms. The van der Waals surface area contributed by atoms with Gasteiger partial charge in [0.15, 0.2) is 0 Å². The van der Waals surface area contributed by atoms with Crippen molar-refractivity contribution in [1.29, 1.82) is 5.26 Å². The smallest absolute Gasteiger partial charge is 0.409 e. The first-order valence-corrected chi connectivity index (χ1v) is 13.6. The molecule has 2 aliphatic heterocycles. The van der Waals surface area contributed by atoms with Crippen molar-refractivity contribution in [1.82, 2.24) is 24.8 Å². The second-order valence-corrected chi connectivity index (χ2v) is 10.9. The van der Waals surface area contributed by atoms with Crippen LogP contribution in [-0.2, 0) is 4.74 Å². The van der Waals surface area contributed by atoms with E-state index in [9.17, 15) is 10.1 Å². The molecule has 0 aromatic carbocycles. The van der Waals surface area contributed by atoms with E-state index < -0.39 is 0 Å². The Morgan fingerprint density at radius 2 is 2.05 bits per heavy atom. The van der Waals surface area contributed by atoms with Crippen molar-refractivity contribution >= 4 is 28.9 Å². The van der Waals surface area contributed by atoms with Crippen LogP contribution in [0.5, 0.6) is 0 Å². The second-order valence-electron chi connectivity index (χ2n) is 10.9. The van der Waals surface area contributed by atoms with E-state index >= 15 is 0 Å². The van der Waals surface area contributed by atoms with E-state index in [1.807, 2.05) is 36.4 Å². The number of rotatable bonds is 8. The summed E-state index contributed by atoms with van der Waals surface area (Å²) in [5.74, 6) is 0.554. The van der Waals surface area contributed by atoms with E-state index in [0.717, 1.165) is 61.3 Å². The number of carbonyl (C=O) groups excluding carboxylic acids is 1. The Balaban J connectivity index is 1.11. The van der Waals surface area contributed by atoms with E-state index in [2.05, 4.69) is 25.9 Å². The monoisotopic (exact) mass is 503 g/mol. The summed E-state index contributed by atoms with van der Waals surface area (Å²) < 4.78 is 5.60. The number of aromatic amines is 1. The SMILES string of the molecule is C/C=C(\C=N/CC1(CC#N)CN(C2CCN(C(=O)OCC3CCCC3)CC2)C1)c1ncnc2[nH]ccc12. The Hall–Kier alpha value is -3.25. The van der Waals surface area contributed by atoms with Gasteiger partial charge in [0.25, 0.3) is 0 Å². The third kappa shape index (κ3) is 5.69. The van der Waals surface area contributed by atoms with Crippen LogP contribution >= 0.6 is 0 Å². The fourth-order valence-electron chi connectivity index (χ4n) is 6.09. The molecule has 1 aliphatic carbocycles. The molecule has 196 valence electrons. The molecule has 2 aromatic rings. The highest BCUT2D eigenvalue weighted by Gasteiger charge is 2.46. The molecule has 4 heterocycles. The average Bonchev–Trinajstić information content (AvgIpc) is 3.60. The molecule has 2 saturated heterocycles. The van der Waals surface area contributed by atoms with Crippen LogP contribution in [0.15, 0.2) is 29.7 Å². The van der Waals surface area contributed by atoms with Crippen LogP contribution in [0.1, 0.15) is 57.6 Å². The van der Waals surface area contributed by atoms with Gasteiger partial charge < -0.3 is 14.6 Å². The lowest BCUT2D eigenvalue weighted by atomic mass is 9.75. The number of carbonyl (C=O) groups is 1. The molecule has 2 aromatic heterocycles. The highest BCUT2D eigenvalue weighted by atomic mass is 16.6. The quantitative estimate of drug-likeness (QED) is 0.533. The second kappa shape index (κ2) is 11.4. The highest BCUT2D eigenvalue weighted by molar-refractivity contribution is 6.13. The van der Waals surface area contributed by atoms with Crippen molar-refractivity contribution < 1.29 is 9.53 Å². The van der Waals surface area contributed by atoms with Gasteiger partial charge in [-0.2, -0.15) is 5.26 Å². The molecule has 1 saturated carbocycles. The number of likely N-dealkylation sites (tertiary alicyclic amines) is 2. The van der Waals surface area contributed by atoms with Gasteiger partial charge in [-0.1, -0.05) is 18.9 Å². The molecule has 0 bridgehead atoms. The summed E-state index contributed by atoms with van der Waals surface area (Å²) in [4.78, 5) is 33.5. The fourth-order valence-corrected chi connectivity index (χ4v) is 6.09. The molecule has 3 aliphatic rings. The fraction of sp³-hybridized carbons (Fsp3) is 0.607. The van der Waals surface area contributed by atoms with Crippen molar-refractivity contribution in [3.8, 4) is 6.07 Å². The summed E-state index contributed by atoms with van der Waals surface area (Å²) in [5, 5.41) is 10.5. The van der Waals surface area contributed by atoms with Gasteiger partial charge in [-0.3, -0.25) is 9.89 Å². The number of amides is 1. The standard InChI is InChI=1S/C28H37N7O2/c1-2-22(25-24-7-12-31-26(24)33-20-32-25)15-30-17-28(10-11-29)18-35(19-28)23-8-13-34(14-9-23)27(36)37-16-21-5-3-4-6-21/h2,7,12,15,20-21,23H,3-6,8-10,13-14,16-19H2,1H3,(H,31,32,33)/b22-2+,30-15-. The number of H-pyrrole nitrogens is 1. The molecule has 0 atom stereocenters. The molecule has 0 radical (unpaired) electrons. The Labute approximate surface area is 218 Å². The van der Waals surface area contributed by atoms with Crippen LogP contribution in [-0.4, -0.2) is 82.4 Å². The van der Waals surface area contributed by atoms with Crippen molar-refractivity contribution in [3.63, 3.8) is 0 Å². The maximum absolute atomic E-state index is 12.5. The molecule has 1 amide bonds. The molecule has 5 rings (SSSR count). The van der Waals surface area contributed by atoms with Gasteiger partial charge in [-0.25, -0.2) is 14.8 Å². The third-order valence-corrected chi connectivity index (χ3v) is 8.28. The lowest BCUT2D eigenvalue weighted by Crippen LogP contribution is -2.62. The van der Waals surface area contributed by atoms with Gasteiger partial charge in [0.2, 0.25) is 0 Å². The van der Waals surface area contributed by atoms with Crippen LogP contribution in [0.2, 0.25) is 0 Å². The molecule has 1 N–H and O–H groups in total. The first-order valence-electron chi connectivity index (χ1n) is 13.6. The van der Waals surface area contributed by atoms with Gasteiger partial charge in [0, 0.05) is 74.0 Å². The third-order valence-electron chi connectivity index (χ3n) is 8.28. The van der Waals surface area contributed by atoms with E-state index in [-0.39, 0.29) is 11.5 Å². The predicted octanol–water partition coefficient (Wildman–Crippen LogP) is 4.44. The highest BCUT2D eigenvalue weighted by Crippen LogP contribution is 2.38. The molecule has 0 unspecified atom stereocenters. The Morgan fingerprint density at radius 3 is 2.78 bits per heavy atom. The molecular formula is C28H37N7O2. The summed E-state index contributed by atoms with van der Waals surface area (Å²) >= 11 is 0. The summed E-state index contributed by atoms with van der Waals surface area (Å²) in [6, 6.07) is 4.81. The summed E-state index contributed by atoms with van der Waals surface area (Å²) in [6.45, 7) is 6.39. The maximum atomic E-state index is 12.5. The molecular weight excluding hydrogens is 466 g/mol. The van der Waals surface area contributed by atoms with Crippen LogP contribution in [0.25, 0.3) is 16.6 Å². The first-order chi connectivity index (χ1) is 18.1. The molecule has 9 nitrogen and oxygen atoms in total. The zero-order valence-electron chi connectivity index (χ0n) is 21.7. The first kappa shape index (κ1) is 25.4. The number of piperidine rings is 1. The van der Waals surface area contributed by atoms with Gasteiger partial charge >= 0.3 is 6.09 Å². The molecule has 0 spiro atoms. The number of nitrogens with one attached hydrogen (secondary N) is 1. The zero-order valence-corrected chi connectivity index (χ0v) is 21.7. The number of nitriles is 1.